The van der Waals surface area contributed by atoms with Gasteiger partial charge in [-0.25, -0.2) is 4.85 Å². The van der Waals surface area contributed by atoms with Crippen molar-refractivity contribution in [1.82, 2.24) is 9.13 Å². The molecule has 45 heavy (non-hydrogen) atoms. The van der Waals surface area contributed by atoms with Crippen LogP contribution in [0.2, 0.25) is 0 Å². The van der Waals surface area contributed by atoms with Crippen LogP contribution < -0.4 is 0 Å². The SMILES string of the molecule is [C-]#[N+]c1ccc(C#N)c(-n2c3ccccc3c3ccccc32)c1-n1c2ccccc2c2cc3c(cc21)C(C)(C)c1ccccc1-3. The van der Waals surface area contributed by atoms with Gasteiger partial charge in [-0.1, -0.05) is 105 Å². The Morgan fingerprint density at radius 1 is 0.578 bits per heavy atom. The van der Waals surface area contributed by atoms with Crippen LogP contribution in [-0.2, 0) is 5.41 Å². The second-order valence-corrected chi connectivity index (χ2v) is 12.4. The van der Waals surface area contributed by atoms with E-state index in [4.69, 9.17) is 6.57 Å². The van der Waals surface area contributed by atoms with Crippen LogP contribution in [0.3, 0.4) is 0 Å². The zero-order valence-electron chi connectivity index (χ0n) is 24.8. The van der Waals surface area contributed by atoms with Gasteiger partial charge in [-0.15, -0.1) is 0 Å². The first-order valence-corrected chi connectivity index (χ1v) is 15.1. The third-order valence-electron chi connectivity index (χ3n) is 9.77. The van der Waals surface area contributed by atoms with Crippen molar-refractivity contribution in [3.63, 3.8) is 0 Å². The van der Waals surface area contributed by atoms with Crippen molar-refractivity contribution >= 4 is 49.3 Å². The van der Waals surface area contributed by atoms with Gasteiger partial charge in [0.25, 0.3) is 0 Å². The summed E-state index contributed by atoms with van der Waals surface area (Å²) >= 11 is 0. The van der Waals surface area contributed by atoms with Gasteiger partial charge in [0, 0.05) is 27.0 Å². The standard InChI is InChI=1S/C41H26N4/c1-41(2)32-16-8-4-12-26(32)30-22-31-29-15-7-11-19-37(29)45(38(31)23-33(30)41)40-34(43-3)21-20-25(24-42)39(40)44-35-17-9-5-13-27(35)28-14-6-10-18-36(28)44/h4-23H,1-2H3. The molecular formula is C41H26N4. The normalized spacial score (nSPS) is 13.2. The van der Waals surface area contributed by atoms with E-state index < -0.39 is 0 Å². The monoisotopic (exact) mass is 574 g/mol. The van der Waals surface area contributed by atoms with Gasteiger partial charge in [-0.3, -0.25) is 0 Å². The molecule has 0 amide bonds. The lowest BCUT2D eigenvalue weighted by molar-refractivity contribution is 0.661. The van der Waals surface area contributed by atoms with Crippen LogP contribution in [0.25, 0.3) is 71.0 Å². The van der Waals surface area contributed by atoms with Gasteiger partial charge >= 0.3 is 0 Å². The number of nitriles is 1. The molecule has 6 aromatic carbocycles. The van der Waals surface area contributed by atoms with Crippen molar-refractivity contribution in [3.8, 4) is 28.6 Å². The summed E-state index contributed by atoms with van der Waals surface area (Å²) in [6.45, 7) is 13.0. The molecule has 0 radical (unpaired) electrons. The second-order valence-electron chi connectivity index (χ2n) is 12.4. The van der Waals surface area contributed by atoms with Gasteiger partial charge in [0.05, 0.1) is 45.6 Å². The Kier molecular flexibility index (Phi) is 5.06. The molecule has 2 aromatic heterocycles. The maximum absolute atomic E-state index is 10.6. The number of aromatic nitrogens is 2. The Morgan fingerprint density at radius 2 is 1.13 bits per heavy atom. The summed E-state index contributed by atoms with van der Waals surface area (Å²) in [5, 5.41) is 15.1. The molecule has 4 nitrogen and oxygen atoms in total. The number of fused-ring (bicyclic) bond motifs is 9. The lowest BCUT2D eigenvalue weighted by Crippen LogP contribution is -2.15. The van der Waals surface area contributed by atoms with Crippen molar-refractivity contribution in [1.29, 1.82) is 5.26 Å². The minimum absolute atomic E-state index is 0.186. The van der Waals surface area contributed by atoms with Crippen LogP contribution >= 0.6 is 0 Å². The number of para-hydroxylation sites is 3. The zero-order chi connectivity index (χ0) is 30.4. The quantitative estimate of drug-likeness (QED) is 0.189. The number of benzene rings is 6. The molecule has 1 aliphatic rings. The van der Waals surface area contributed by atoms with E-state index in [2.05, 4.69) is 119 Å². The first-order chi connectivity index (χ1) is 22.0. The number of rotatable bonds is 2. The van der Waals surface area contributed by atoms with E-state index in [1.807, 2.05) is 24.3 Å². The average molecular weight is 575 g/mol. The van der Waals surface area contributed by atoms with Crippen molar-refractivity contribution in [2.45, 2.75) is 19.3 Å². The van der Waals surface area contributed by atoms with Crippen molar-refractivity contribution < 1.29 is 0 Å². The second kappa shape index (κ2) is 8.96. The molecule has 0 aliphatic heterocycles. The molecular weight excluding hydrogens is 548 g/mol. The van der Waals surface area contributed by atoms with Gasteiger partial charge in [0.2, 0.25) is 5.69 Å². The summed E-state index contributed by atoms with van der Waals surface area (Å²) < 4.78 is 4.41. The molecule has 0 atom stereocenters. The molecule has 0 saturated heterocycles. The third kappa shape index (κ3) is 3.23. The van der Waals surface area contributed by atoms with Gasteiger partial charge in [-0.2, -0.15) is 5.26 Å². The molecule has 2 heterocycles. The maximum atomic E-state index is 10.6. The number of hydrogen-bond acceptors (Lipinski definition) is 1. The van der Waals surface area contributed by atoms with E-state index in [1.54, 1.807) is 12.1 Å². The van der Waals surface area contributed by atoms with Crippen molar-refractivity contribution in [3.05, 3.63) is 149 Å². The maximum Gasteiger partial charge on any atom is 0.212 e. The van der Waals surface area contributed by atoms with E-state index in [0.29, 0.717) is 16.9 Å². The fraction of sp³-hybridized carbons (Fsp3) is 0.0732. The van der Waals surface area contributed by atoms with Crippen LogP contribution in [-0.4, -0.2) is 9.13 Å². The van der Waals surface area contributed by atoms with Gasteiger partial charge in [0.15, 0.2) is 0 Å². The molecule has 4 heteroatoms. The molecule has 1 aliphatic carbocycles. The Morgan fingerprint density at radius 3 is 1.76 bits per heavy atom. The van der Waals surface area contributed by atoms with E-state index >= 15 is 0 Å². The molecule has 0 fully saturated rings. The lowest BCUT2D eigenvalue weighted by Gasteiger charge is -2.22. The predicted octanol–water partition coefficient (Wildman–Crippen LogP) is 10.6. The summed E-state index contributed by atoms with van der Waals surface area (Å²) in [7, 11) is 0. The Labute approximate surface area is 260 Å². The molecule has 210 valence electrons. The van der Waals surface area contributed by atoms with Crippen LogP contribution in [0.15, 0.2) is 121 Å². The third-order valence-corrected chi connectivity index (χ3v) is 9.77. The largest absolute Gasteiger partial charge is 0.317 e. The van der Waals surface area contributed by atoms with Crippen LogP contribution in [0, 0.1) is 17.9 Å². The minimum atomic E-state index is -0.186. The topological polar surface area (TPSA) is 38.0 Å². The van der Waals surface area contributed by atoms with Crippen molar-refractivity contribution in [2.24, 2.45) is 0 Å². The Balaban J connectivity index is 1.49. The van der Waals surface area contributed by atoms with Crippen LogP contribution in [0.5, 0.6) is 0 Å². The Bertz CT molecular complexity index is 2600. The smallest absolute Gasteiger partial charge is 0.212 e. The molecule has 0 bridgehead atoms. The summed E-state index contributed by atoms with van der Waals surface area (Å²) in [6.07, 6.45) is 0. The highest BCUT2D eigenvalue weighted by molar-refractivity contribution is 6.14. The van der Waals surface area contributed by atoms with Crippen LogP contribution in [0.1, 0.15) is 30.5 Å². The van der Waals surface area contributed by atoms with Crippen molar-refractivity contribution in [2.75, 3.05) is 0 Å². The summed E-state index contributed by atoms with van der Waals surface area (Å²) in [4.78, 5) is 4.09. The molecule has 8 aromatic rings. The van der Waals surface area contributed by atoms with Gasteiger partial charge < -0.3 is 9.13 Å². The molecule has 0 spiro atoms. The molecule has 0 unspecified atom stereocenters. The highest BCUT2D eigenvalue weighted by Crippen LogP contribution is 2.51. The number of nitrogens with zero attached hydrogens (tertiary/aromatic N) is 4. The Hall–Kier alpha value is -6.10. The van der Waals surface area contributed by atoms with Crippen LogP contribution in [0.4, 0.5) is 5.69 Å². The molecule has 0 N–H and O–H groups in total. The fourth-order valence-corrected chi connectivity index (χ4v) is 7.76. The van der Waals surface area contributed by atoms with E-state index in [0.717, 1.165) is 49.3 Å². The zero-order valence-corrected chi connectivity index (χ0v) is 24.8. The molecule has 9 rings (SSSR count). The summed E-state index contributed by atoms with van der Waals surface area (Å²) in [6, 6.07) is 44.5. The lowest BCUT2D eigenvalue weighted by atomic mass is 9.82. The van der Waals surface area contributed by atoms with Gasteiger partial charge in [-0.05, 0) is 52.6 Å². The summed E-state index contributed by atoms with van der Waals surface area (Å²) in [5.74, 6) is 0. The number of hydrogen-bond donors (Lipinski definition) is 0. The highest BCUT2D eigenvalue weighted by atomic mass is 15.1. The molecule has 0 saturated carbocycles. The average Bonchev–Trinajstić information content (AvgIpc) is 3.66. The van der Waals surface area contributed by atoms with Gasteiger partial charge in [0.1, 0.15) is 6.07 Å². The minimum Gasteiger partial charge on any atom is -0.317 e. The fourth-order valence-electron chi connectivity index (χ4n) is 7.76. The summed E-state index contributed by atoms with van der Waals surface area (Å²) in [5.41, 5.74) is 11.4. The first kappa shape index (κ1) is 25.4. The van der Waals surface area contributed by atoms with E-state index in [9.17, 15) is 5.26 Å². The van der Waals surface area contributed by atoms with E-state index in [1.165, 1.54) is 22.3 Å². The first-order valence-electron chi connectivity index (χ1n) is 15.1. The predicted molar refractivity (Wildman–Crippen MR) is 184 cm³/mol. The van der Waals surface area contributed by atoms with E-state index in [-0.39, 0.29) is 5.41 Å². The highest BCUT2D eigenvalue weighted by Gasteiger charge is 2.36.